The van der Waals surface area contributed by atoms with Gasteiger partial charge in [0.2, 0.25) is 0 Å². The number of benzene rings is 1. The van der Waals surface area contributed by atoms with Gasteiger partial charge in [-0.1, -0.05) is 29.8 Å². The highest BCUT2D eigenvalue weighted by molar-refractivity contribution is 6.33. The highest BCUT2D eigenvalue weighted by Crippen LogP contribution is 2.18. The second kappa shape index (κ2) is 8.35. The molecule has 7 heteroatoms. The molecule has 6 nitrogen and oxygen atoms in total. The quantitative estimate of drug-likeness (QED) is 0.666. The highest BCUT2D eigenvalue weighted by Gasteiger charge is 2.22. The molecule has 29 heavy (non-hydrogen) atoms. The minimum absolute atomic E-state index is 0.0325. The average Bonchev–Trinajstić information content (AvgIpc) is 2.94. The number of hydrogen-bond donors (Lipinski definition) is 0. The first-order valence-corrected chi connectivity index (χ1v) is 10.1. The Bertz CT molecular complexity index is 1110. The molecule has 0 N–H and O–H groups in total. The fourth-order valence-electron chi connectivity index (χ4n) is 3.71. The summed E-state index contributed by atoms with van der Waals surface area (Å²) in [5, 5.41) is 0.481. The lowest BCUT2D eigenvalue weighted by atomic mass is 10.2. The third-order valence-corrected chi connectivity index (χ3v) is 5.56. The lowest BCUT2D eigenvalue weighted by molar-refractivity contribution is 0.0761. The van der Waals surface area contributed by atoms with Crippen molar-refractivity contribution in [2.75, 3.05) is 26.2 Å². The van der Waals surface area contributed by atoms with E-state index in [1.807, 2.05) is 36.1 Å². The number of hydrogen-bond acceptors (Lipinski definition) is 4. The van der Waals surface area contributed by atoms with Crippen molar-refractivity contribution in [2.45, 2.75) is 19.9 Å². The third-order valence-electron chi connectivity index (χ3n) is 5.23. The SMILES string of the molecule is Cc1ccc2nc(CN3CCCN(C(=O)c4ccccc4Cl)CC3)cc(=O)n2c1. The van der Waals surface area contributed by atoms with Crippen LogP contribution in [-0.4, -0.2) is 51.3 Å². The summed E-state index contributed by atoms with van der Waals surface area (Å²) in [6.07, 6.45) is 2.67. The number of fused-ring (bicyclic) bond motifs is 1. The largest absolute Gasteiger partial charge is 0.337 e. The molecular formula is C22H23ClN4O2. The van der Waals surface area contributed by atoms with Gasteiger partial charge in [0.25, 0.3) is 11.5 Å². The van der Waals surface area contributed by atoms with Crippen molar-refractivity contribution in [2.24, 2.45) is 0 Å². The van der Waals surface area contributed by atoms with Crippen LogP contribution in [0, 0.1) is 6.92 Å². The Balaban J connectivity index is 1.46. The number of pyridine rings is 1. The maximum absolute atomic E-state index is 12.8. The number of aryl methyl sites for hydroxylation is 1. The zero-order chi connectivity index (χ0) is 20.4. The number of halogens is 1. The number of carbonyl (C=O) groups is 1. The molecule has 2 aromatic heterocycles. The van der Waals surface area contributed by atoms with Crippen molar-refractivity contribution in [3.63, 3.8) is 0 Å². The van der Waals surface area contributed by atoms with Crippen molar-refractivity contribution in [1.82, 2.24) is 19.2 Å². The summed E-state index contributed by atoms with van der Waals surface area (Å²) in [6.45, 7) is 5.43. The van der Waals surface area contributed by atoms with Crippen molar-refractivity contribution in [3.8, 4) is 0 Å². The van der Waals surface area contributed by atoms with E-state index in [4.69, 9.17) is 11.6 Å². The van der Waals surface area contributed by atoms with Gasteiger partial charge in [-0.05, 0) is 37.1 Å². The lowest BCUT2D eigenvalue weighted by Gasteiger charge is -2.22. The van der Waals surface area contributed by atoms with E-state index in [1.165, 1.54) is 0 Å². The van der Waals surface area contributed by atoms with E-state index in [9.17, 15) is 9.59 Å². The van der Waals surface area contributed by atoms with E-state index in [-0.39, 0.29) is 11.5 Å². The Hall–Kier alpha value is -2.70. The second-order valence-electron chi connectivity index (χ2n) is 7.42. The fourth-order valence-corrected chi connectivity index (χ4v) is 3.92. The van der Waals surface area contributed by atoms with Crippen LogP contribution in [0.4, 0.5) is 0 Å². The Morgan fingerprint density at radius 3 is 2.76 bits per heavy atom. The molecule has 3 aromatic rings. The van der Waals surface area contributed by atoms with Gasteiger partial charge in [0.15, 0.2) is 0 Å². The molecule has 1 aliphatic rings. The maximum atomic E-state index is 12.8. The minimum Gasteiger partial charge on any atom is -0.337 e. The molecule has 0 unspecified atom stereocenters. The topological polar surface area (TPSA) is 57.9 Å². The van der Waals surface area contributed by atoms with Crippen molar-refractivity contribution in [3.05, 3.63) is 80.9 Å². The molecule has 1 aromatic carbocycles. The van der Waals surface area contributed by atoms with Crippen LogP contribution in [0.5, 0.6) is 0 Å². The standard InChI is InChI=1S/C22H23ClN4O2/c1-16-7-8-20-24-17(13-21(28)27(20)14-16)15-25-9-4-10-26(12-11-25)22(29)18-5-2-3-6-19(18)23/h2-3,5-8,13-14H,4,9-12,15H2,1H3. The monoisotopic (exact) mass is 410 g/mol. The number of nitrogens with zero attached hydrogens (tertiary/aromatic N) is 4. The summed E-state index contributed by atoms with van der Waals surface area (Å²) in [5.41, 5.74) is 2.90. The number of amides is 1. The maximum Gasteiger partial charge on any atom is 0.258 e. The van der Waals surface area contributed by atoms with Gasteiger partial charge in [-0.15, -0.1) is 0 Å². The summed E-state index contributed by atoms with van der Waals surface area (Å²) in [4.78, 5) is 34.0. The normalized spacial score (nSPS) is 15.4. The van der Waals surface area contributed by atoms with Crippen molar-refractivity contribution in [1.29, 1.82) is 0 Å². The zero-order valence-electron chi connectivity index (χ0n) is 16.3. The third kappa shape index (κ3) is 4.33. The van der Waals surface area contributed by atoms with Crippen LogP contribution >= 0.6 is 11.6 Å². The summed E-state index contributed by atoms with van der Waals surface area (Å²) in [7, 11) is 0. The summed E-state index contributed by atoms with van der Waals surface area (Å²) in [5.74, 6) is -0.0325. The molecule has 0 saturated carbocycles. The van der Waals surface area contributed by atoms with Crippen LogP contribution in [0.25, 0.3) is 5.65 Å². The number of carbonyl (C=O) groups excluding carboxylic acids is 1. The Kier molecular flexibility index (Phi) is 5.65. The van der Waals surface area contributed by atoms with E-state index in [0.29, 0.717) is 35.9 Å². The smallest absolute Gasteiger partial charge is 0.258 e. The highest BCUT2D eigenvalue weighted by atomic mass is 35.5. The molecular weight excluding hydrogens is 388 g/mol. The van der Waals surface area contributed by atoms with E-state index in [1.54, 1.807) is 28.8 Å². The first kappa shape index (κ1) is 19.6. The van der Waals surface area contributed by atoms with E-state index >= 15 is 0 Å². The van der Waals surface area contributed by atoms with Gasteiger partial charge < -0.3 is 4.90 Å². The molecule has 0 bridgehead atoms. The molecule has 1 aliphatic heterocycles. The summed E-state index contributed by atoms with van der Waals surface area (Å²) < 4.78 is 1.57. The summed E-state index contributed by atoms with van der Waals surface area (Å²) in [6, 6.07) is 12.6. The van der Waals surface area contributed by atoms with Crippen LogP contribution in [0.15, 0.2) is 53.5 Å². The zero-order valence-corrected chi connectivity index (χ0v) is 17.1. The Morgan fingerprint density at radius 2 is 1.93 bits per heavy atom. The predicted molar refractivity (Wildman–Crippen MR) is 113 cm³/mol. The van der Waals surface area contributed by atoms with Crippen LogP contribution in [0.2, 0.25) is 5.02 Å². The minimum atomic E-state index is -0.0703. The number of aromatic nitrogens is 2. The van der Waals surface area contributed by atoms with Crippen molar-refractivity contribution < 1.29 is 4.79 Å². The van der Waals surface area contributed by atoms with E-state index < -0.39 is 0 Å². The predicted octanol–water partition coefficient (Wildman–Crippen LogP) is 3.00. The first-order chi connectivity index (χ1) is 14.0. The molecule has 3 heterocycles. The fraction of sp³-hybridized carbons (Fsp3) is 0.318. The van der Waals surface area contributed by atoms with E-state index in [0.717, 1.165) is 30.8 Å². The molecule has 0 spiro atoms. The average molecular weight is 411 g/mol. The van der Waals surface area contributed by atoms with Crippen LogP contribution in [-0.2, 0) is 6.54 Å². The lowest BCUT2D eigenvalue weighted by Crippen LogP contribution is -2.35. The van der Waals surface area contributed by atoms with Gasteiger partial charge in [0.1, 0.15) is 5.65 Å². The van der Waals surface area contributed by atoms with Gasteiger partial charge in [-0.25, -0.2) is 4.98 Å². The molecule has 1 amide bonds. The molecule has 0 atom stereocenters. The van der Waals surface area contributed by atoms with Gasteiger partial charge in [0, 0.05) is 45.0 Å². The van der Waals surface area contributed by atoms with Gasteiger partial charge in [-0.2, -0.15) is 0 Å². The van der Waals surface area contributed by atoms with Crippen LogP contribution in [0.3, 0.4) is 0 Å². The number of rotatable bonds is 3. The van der Waals surface area contributed by atoms with Crippen LogP contribution in [0.1, 0.15) is 28.0 Å². The molecule has 1 saturated heterocycles. The first-order valence-electron chi connectivity index (χ1n) is 9.76. The molecule has 4 rings (SSSR count). The Labute approximate surface area is 174 Å². The second-order valence-corrected chi connectivity index (χ2v) is 7.83. The van der Waals surface area contributed by atoms with Gasteiger partial charge in [-0.3, -0.25) is 18.9 Å². The molecule has 150 valence electrons. The molecule has 0 radical (unpaired) electrons. The Morgan fingerprint density at radius 1 is 1.10 bits per heavy atom. The summed E-state index contributed by atoms with van der Waals surface area (Å²) >= 11 is 6.19. The van der Waals surface area contributed by atoms with Crippen molar-refractivity contribution >= 4 is 23.2 Å². The van der Waals surface area contributed by atoms with Gasteiger partial charge >= 0.3 is 0 Å². The van der Waals surface area contributed by atoms with Gasteiger partial charge in [0.05, 0.1) is 16.3 Å². The molecule has 0 aliphatic carbocycles. The molecule has 1 fully saturated rings. The van der Waals surface area contributed by atoms with Crippen LogP contribution < -0.4 is 5.56 Å². The van der Waals surface area contributed by atoms with E-state index in [2.05, 4.69) is 9.88 Å².